The summed E-state index contributed by atoms with van der Waals surface area (Å²) in [6.07, 6.45) is 1.17. The zero-order valence-corrected chi connectivity index (χ0v) is 17.0. The monoisotopic (exact) mass is 354 g/mol. The molecule has 0 aliphatic carbocycles. The number of ether oxygens (including phenoxy) is 1. The lowest BCUT2D eigenvalue weighted by Gasteiger charge is -2.20. The van der Waals surface area contributed by atoms with Crippen LogP contribution in [-0.4, -0.2) is 38.7 Å². The highest BCUT2D eigenvalue weighted by Gasteiger charge is 2.08. The van der Waals surface area contributed by atoms with Gasteiger partial charge in [-0.3, -0.25) is 0 Å². The number of rotatable bonds is 10. The zero-order chi connectivity index (χ0) is 18.9. The second-order valence-corrected chi connectivity index (χ2v) is 7.51. The van der Waals surface area contributed by atoms with Crippen molar-refractivity contribution in [2.45, 2.75) is 33.2 Å². The van der Waals surface area contributed by atoms with Gasteiger partial charge in [0.05, 0.1) is 7.11 Å². The Balaban J connectivity index is 1.86. The zero-order valence-electron chi connectivity index (χ0n) is 17.0. The van der Waals surface area contributed by atoms with Crippen LogP contribution in [0.1, 0.15) is 38.8 Å². The lowest BCUT2D eigenvalue weighted by atomic mass is 10.0. The van der Waals surface area contributed by atoms with E-state index in [-0.39, 0.29) is 0 Å². The van der Waals surface area contributed by atoms with Gasteiger partial charge in [0.25, 0.3) is 0 Å². The molecule has 0 bridgehead atoms. The van der Waals surface area contributed by atoms with Gasteiger partial charge in [-0.25, -0.2) is 0 Å². The van der Waals surface area contributed by atoms with E-state index in [1.165, 1.54) is 24.1 Å². The van der Waals surface area contributed by atoms with Crippen LogP contribution in [-0.2, 0) is 0 Å². The molecule has 3 nitrogen and oxygen atoms in total. The van der Waals surface area contributed by atoms with Crippen molar-refractivity contribution in [1.82, 2.24) is 10.2 Å². The summed E-state index contributed by atoms with van der Waals surface area (Å²) in [7, 11) is 3.93. The Hall–Kier alpha value is -1.84. The summed E-state index contributed by atoms with van der Waals surface area (Å²) in [5, 5.41) is 3.64. The highest BCUT2D eigenvalue weighted by atomic mass is 16.5. The first kappa shape index (κ1) is 20.5. The van der Waals surface area contributed by atoms with Gasteiger partial charge in [-0.15, -0.1) is 0 Å². The van der Waals surface area contributed by atoms with Gasteiger partial charge in [0.15, 0.2) is 0 Å². The van der Waals surface area contributed by atoms with Gasteiger partial charge >= 0.3 is 0 Å². The van der Waals surface area contributed by atoms with Crippen molar-refractivity contribution in [2.24, 2.45) is 5.92 Å². The summed E-state index contributed by atoms with van der Waals surface area (Å²) < 4.78 is 5.47. The summed E-state index contributed by atoms with van der Waals surface area (Å²) >= 11 is 0. The minimum absolute atomic E-state index is 0.358. The van der Waals surface area contributed by atoms with Gasteiger partial charge in [-0.05, 0) is 56.6 Å². The summed E-state index contributed by atoms with van der Waals surface area (Å²) in [5.41, 5.74) is 3.64. The minimum atomic E-state index is 0.358. The third-order valence-corrected chi connectivity index (χ3v) is 4.67. The molecule has 0 spiro atoms. The second-order valence-electron chi connectivity index (χ2n) is 7.51. The molecule has 1 N–H and O–H groups in total. The molecule has 0 aliphatic rings. The van der Waals surface area contributed by atoms with E-state index < -0.39 is 0 Å². The quantitative estimate of drug-likeness (QED) is 0.608. The summed E-state index contributed by atoms with van der Waals surface area (Å²) in [4.78, 5) is 2.42. The Morgan fingerprint density at radius 3 is 2.35 bits per heavy atom. The number of benzene rings is 2. The molecule has 0 fully saturated rings. The summed E-state index contributed by atoms with van der Waals surface area (Å²) in [5.74, 6) is 1.64. The topological polar surface area (TPSA) is 24.5 Å². The fourth-order valence-corrected chi connectivity index (χ4v) is 3.33. The smallest absolute Gasteiger partial charge is 0.126 e. The predicted octanol–water partition coefficient (Wildman–Crippen LogP) is 4.99. The van der Waals surface area contributed by atoms with Crippen LogP contribution >= 0.6 is 0 Å². The number of nitrogens with one attached hydrogen (secondary N) is 1. The number of hydrogen-bond donors (Lipinski definition) is 1. The van der Waals surface area contributed by atoms with Crippen LogP contribution in [0.4, 0.5) is 0 Å². The van der Waals surface area contributed by atoms with Crippen molar-refractivity contribution in [3.8, 4) is 16.9 Å². The second kappa shape index (κ2) is 10.3. The van der Waals surface area contributed by atoms with Gasteiger partial charge in [0.2, 0.25) is 0 Å². The largest absolute Gasteiger partial charge is 0.496 e. The van der Waals surface area contributed by atoms with E-state index in [1.54, 1.807) is 7.11 Å². The van der Waals surface area contributed by atoms with Crippen molar-refractivity contribution in [3.63, 3.8) is 0 Å². The number of para-hydroxylation sites is 1. The van der Waals surface area contributed by atoms with Gasteiger partial charge in [0, 0.05) is 18.2 Å². The van der Waals surface area contributed by atoms with Crippen LogP contribution in [0, 0.1) is 5.92 Å². The standard InChI is InChI=1S/C23H34N2O/c1-18(2)17-25(4)16-8-15-24-19(3)20-11-13-21(14-12-20)22-9-6-7-10-23(22)26-5/h6-7,9-14,18-19,24H,8,15-17H2,1-5H3. The van der Waals surface area contributed by atoms with Crippen molar-refractivity contribution >= 4 is 0 Å². The van der Waals surface area contributed by atoms with Gasteiger partial charge in [-0.1, -0.05) is 56.3 Å². The first-order valence-corrected chi connectivity index (χ1v) is 9.66. The minimum Gasteiger partial charge on any atom is -0.496 e. The fourth-order valence-electron chi connectivity index (χ4n) is 3.33. The molecule has 2 aromatic rings. The first-order valence-electron chi connectivity index (χ1n) is 9.66. The SMILES string of the molecule is COc1ccccc1-c1ccc(C(C)NCCCN(C)CC(C)C)cc1. The summed E-state index contributed by atoms with van der Waals surface area (Å²) in [6, 6.07) is 17.3. The molecule has 2 rings (SSSR count). The van der Waals surface area contributed by atoms with Crippen LogP contribution in [0.2, 0.25) is 0 Å². The first-order chi connectivity index (χ1) is 12.5. The van der Waals surface area contributed by atoms with Crippen LogP contribution in [0.25, 0.3) is 11.1 Å². The maximum atomic E-state index is 5.47. The molecule has 0 amide bonds. The highest BCUT2D eigenvalue weighted by Crippen LogP contribution is 2.30. The third kappa shape index (κ3) is 6.15. The maximum absolute atomic E-state index is 5.47. The lowest BCUT2D eigenvalue weighted by molar-refractivity contribution is 0.289. The van der Waals surface area contributed by atoms with E-state index in [0.29, 0.717) is 6.04 Å². The van der Waals surface area contributed by atoms with E-state index in [9.17, 15) is 0 Å². The molecule has 142 valence electrons. The fraction of sp³-hybridized carbons (Fsp3) is 0.478. The molecule has 3 heteroatoms. The van der Waals surface area contributed by atoms with Crippen LogP contribution < -0.4 is 10.1 Å². The van der Waals surface area contributed by atoms with Gasteiger partial charge in [-0.2, -0.15) is 0 Å². The van der Waals surface area contributed by atoms with Crippen LogP contribution in [0.15, 0.2) is 48.5 Å². The molecule has 0 radical (unpaired) electrons. The maximum Gasteiger partial charge on any atom is 0.126 e. The predicted molar refractivity (Wildman–Crippen MR) is 112 cm³/mol. The van der Waals surface area contributed by atoms with Crippen molar-refractivity contribution < 1.29 is 4.74 Å². The molecule has 0 saturated carbocycles. The van der Waals surface area contributed by atoms with Crippen molar-refractivity contribution in [2.75, 3.05) is 33.8 Å². The molecular weight excluding hydrogens is 320 g/mol. The Labute approximate surface area is 159 Å². The van der Waals surface area contributed by atoms with E-state index >= 15 is 0 Å². The molecule has 0 saturated heterocycles. The number of nitrogens with zero attached hydrogens (tertiary/aromatic N) is 1. The Morgan fingerprint density at radius 2 is 1.69 bits per heavy atom. The highest BCUT2D eigenvalue weighted by molar-refractivity contribution is 5.70. The Bertz CT molecular complexity index is 652. The van der Waals surface area contributed by atoms with Crippen molar-refractivity contribution in [3.05, 3.63) is 54.1 Å². The molecular formula is C23H34N2O. The van der Waals surface area contributed by atoms with E-state index in [2.05, 4.69) is 68.4 Å². The normalized spacial score (nSPS) is 12.6. The molecule has 2 aromatic carbocycles. The number of hydrogen-bond acceptors (Lipinski definition) is 3. The molecule has 0 heterocycles. The molecule has 26 heavy (non-hydrogen) atoms. The van der Waals surface area contributed by atoms with Gasteiger partial charge < -0.3 is 15.0 Å². The molecule has 0 aromatic heterocycles. The Kier molecular flexibility index (Phi) is 8.14. The van der Waals surface area contributed by atoms with Gasteiger partial charge in [0.1, 0.15) is 5.75 Å². The van der Waals surface area contributed by atoms with Crippen LogP contribution in [0.5, 0.6) is 5.75 Å². The van der Waals surface area contributed by atoms with Crippen molar-refractivity contribution in [1.29, 1.82) is 0 Å². The Morgan fingerprint density at radius 1 is 1.00 bits per heavy atom. The average molecular weight is 355 g/mol. The van der Waals surface area contributed by atoms with E-state index in [4.69, 9.17) is 4.74 Å². The van der Waals surface area contributed by atoms with E-state index in [1.807, 2.05) is 18.2 Å². The number of methoxy groups -OCH3 is 1. The summed E-state index contributed by atoms with van der Waals surface area (Å²) in [6.45, 7) is 10.1. The molecule has 1 atom stereocenters. The van der Waals surface area contributed by atoms with Crippen LogP contribution in [0.3, 0.4) is 0 Å². The van der Waals surface area contributed by atoms with E-state index in [0.717, 1.165) is 30.3 Å². The average Bonchev–Trinajstić information content (AvgIpc) is 2.64. The molecule has 1 unspecified atom stereocenters. The third-order valence-electron chi connectivity index (χ3n) is 4.67. The molecule has 0 aliphatic heterocycles. The lowest BCUT2D eigenvalue weighted by Crippen LogP contribution is -2.28.